The fourth-order valence-corrected chi connectivity index (χ4v) is 5.89. The number of rotatable bonds is 5. The maximum Gasteiger partial charge on any atom is 0.249 e. The lowest BCUT2D eigenvalue weighted by molar-refractivity contribution is 0.0383. The van der Waals surface area contributed by atoms with E-state index in [1.165, 1.54) is 0 Å². The highest BCUT2D eigenvalue weighted by molar-refractivity contribution is 9.10. The first kappa shape index (κ1) is 23.1. The zero-order valence-electron chi connectivity index (χ0n) is 19.2. The minimum Gasteiger partial charge on any atom is -0.455 e. The van der Waals surface area contributed by atoms with Crippen LogP contribution in [0.2, 0.25) is 0 Å². The maximum absolute atomic E-state index is 11.8. The molecule has 9 heteroatoms. The highest BCUT2D eigenvalue weighted by Crippen LogP contribution is 2.50. The van der Waals surface area contributed by atoms with Crippen LogP contribution in [0.5, 0.6) is 11.5 Å². The van der Waals surface area contributed by atoms with Crippen molar-refractivity contribution in [1.29, 1.82) is 0 Å². The smallest absolute Gasteiger partial charge is 0.249 e. The number of benzene rings is 2. The lowest BCUT2D eigenvalue weighted by Crippen LogP contribution is -2.39. The number of halogens is 1. The van der Waals surface area contributed by atoms with Gasteiger partial charge in [-0.3, -0.25) is 4.79 Å². The summed E-state index contributed by atoms with van der Waals surface area (Å²) in [6.45, 7) is 2.66. The number of para-hydroxylation sites is 1. The van der Waals surface area contributed by atoms with Crippen molar-refractivity contribution in [3.05, 3.63) is 99.1 Å². The molecule has 4 heterocycles. The van der Waals surface area contributed by atoms with E-state index in [0.717, 1.165) is 54.9 Å². The van der Waals surface area contributed by atoms with Crippen LogP contribution >= 0.6 is 27.7 Å². The number of anilines is 2. The minimum absolute atomic E-state index is 0.105. The van der Waals surface area contributed by atoms with Gasteiger partial charge in [0.2, 0.25) is 5.56 Å². The molecule has 182 valence electrons. The molecule has 2 aromatic carbocycles. The van der Waals surface area contributed by atoms with Crippen LogP contribution in [-0.4, -0.2) is 29.7 Å². The molecule has 1 fully saturated rings. The van der Waals surface area contributed by atoms with Gasteiger partial charge in [0.05, 0.1) is 16.4 Å². The van der Waals surface area contributed by atoms with Crippen LogP contribution in [0, 0.1) is 0 Å². The van der Waals surface area contributed by atoms with E-state index >= 15 is 0 Å². The molecule has 1 unspecified atom stereocenters. The third-order valence-corrected chi connectivity index (χ3v) is 7.72. The fraction of sp³-hybridized carbons (Fsp3) is 0.185. The van der Waals surface area contributed by atoms with E-state index in [0.29, 0.717) is 19.7 Å². The standard InChI is InChI=1S/C27H23BrN4O3S/c28-25-12-17(6-8-29-25)15-31-18-4-5-21-24(13-18)36-23-3-1-2-20(27(23)35-21)22-16-32(10-11-34-22)19-7-9-30-26(33)14-19/h1-9,12-14,22,31H,10-11,15-16H2,(H,30,33). The molecule has 7 nitrogen and oxygen atoms in total. The summed E-state index contributed by atoms with van der Waals surface area (Å²) in [5, 5.41) is 3.48. The number of pyridine rings is 2. The van der Waals surface area contributed by atoms with Gasteiger partial charge in [-0.1, -0.05) is 23.9 Å². The Bertz CT molecular complexity index is 1480. The Balaban J connectivity index is 1.20. The number of fused-ring (bicyclic) bond motifs is 2. The lowest BCUT2D eigenvalue weighted by atomic mass is 10.1. The van der Waals surface area contributed by atoms with E-state index in [1.807, 2.05) is 30.3 Å². The number of hydrogen-bond acceptors (Lipinski definition) is 7. The van der Waals surface area contributed by atoms with E-state index in [9.17, 15) is 4.79 Å². The van der Waals surface area contributed by atoms with Crippen molar-refractivity contribution >= 4 is 39.1 Å². The molecule has 0 bridgehead atoms. The molecule has 1 atom stereocenters. The molecule has 2 aromatic heterocycles. The number of aromatic nitrogens is 2. The normalized spacial score (nSPS) is 16.6. The van der Waals surface area contributed by atoms with Crippen LogP contribution in [0.1, 0.15) is 17.2 Å². The molecule has 1 saturated heterocycles. The Morgan fingerprint density at radius 1 is 1.14 bits per heavy atom. The van der Waals surface area contributed by atoms with Crippen molar-refractivity contribution < 1.29 is 9.47 Å². The summed E-state index contributed by atoms with van der Waals surface area (Å²) in [4.78, 5) is 23.0. The van der Waals surface area contributed by atoms with Crippen LogP contribution in [0.4, 0.5) is 11.4 Å². The molecule has 2 aliphatic rings. The second kappa shape index (κ2) is 10.0. The van der Waals surface area contributed by atoms with Gasteiger partial charge >= 0.3 is 0 Å². The summed E-state index contributed by atoms with van der Waals surface area (Å²) in [5.74, 6) is 1.68. The van der Waals surface area contributed by atoms with E-state index in [1.54, 1.807) is 30.2 Å². The van der Waals surface area contributed by atoms with Gasteiger partial charge in [0.15, 0.2) is 0 Å². The van der Waals surface area contributed by atoms with Crippen LogP contribution < -0.4 is 20.5 Å². The van der Waals surface area contributed by atoms with Gasteiger partial charge in [0.25, 0.3) is 0 Å². The number of aromatic amines is 1. The van der Waals surface area contributed by atoms with Gasteiger partial charge in [-0.05, 0) is 64.0 Å². The van der Waals surface area contributed by atoms with Gasteiger partial charge in [-0.2, -0.15) is 0 Å². The Kier molecular flexibility index (Phi) is 6.43. The van der Waals surface area contributed by atoms with Gasteiger partial charge in [-0.15, -0.1) is 0 Å². The average molecular weight is 563 g/mol. The summed E-state index contributed by atoms with van der Waals surface area (Å²) in [6, 6.07) is 19.9. The predicted octanol–water partition coefficient (Wildman–Crippen LogP) is 5.98. The van der Waals surface area contributed by atoms with Crippen molar-refractivity contribution in [1.82, 2.24) is 9.97 Å². The number of morpholine rings is 1. The molecule has 0 amide bonds. The van der Waals surface area contributed by atoms with Gasteiger partial charge in [0.1, 0.15) is 22.2 Å². The number of nitrogens with zero attached hydrogens (tertiary/aromatic N) is 2. The van der Waals surface area contributed by atoms with E-state index in [4.69, 9.17) is 9.47 Å². The topological polar surface area (TPSA) is 79.5 Å². The Morgan fingerprint density at radius 3 is 2.97 bits per heavy atom. The second-order valence-electron chi connectivity index (χ2n) is 8.60. The molecule has 0 aliphatic carbocycles. The SMILES string of the molecule is O=c1cc(N2CCOC(c3cccc4c3Oc3ccc(NCc5ccnc(Br)c5)cc3S4)C2)cc[nH]1. The van der Waals surface area contributed by atoms with Crippen LogP contribution in [0.15, 0.2) is 92.2 Å². The summed E-state index contributed by atoms with van der Waals surface area (Å²) >= 11 is 5.12. The first-order chi connectivity index (χ1) is 17.6. The fourth-order valence-electron chi connectivity index (χ4n) is 4.45. The highest BCUT2D eigenvalue weighted by atomic mass is 79.9. The largest absolute Gasteiger partial charge is 0.455 e. The zero-order chi connectivity index (χ0) is 24.5. The monoisotopic (exact) mass is 562 g/mol. The minimum atomic E-state index is -0.157. The third kappa shape index (κ3) is 4.86. The molecule has 36 heavy (non-hydrogen) atoms. The van der Waals surface area contributed by atoms with E-state index in [-0.39, 0.29) is 11.7 Å². The highest BCUT2D eigenvalue weighted by Gasteiger charge is 2.29. The van der Waals surface area contributed by atoms with Gasteiger partial charge in [0, 0.05) is 55.0 Å². The number of H-pyrrole nitrogens is 1. The lowest BCUT2D eigenvalue weighted by Gasteiger charge is -2.35. The summed E-state index contributed by atoms with van der Waals surface area (Å²) in [6.07, 6.45) is 3.32. The molecule has 4 aromatic rings. The zero-order valence-corrected chi connectivity index (χ0v) is 21.6. The average Bonchev–Trinajstić information content (AvgIpc) is 2.90. The van der Waals surface area contributed by atoms with Crippen LogP contribution in [0.3, 0.4) is 0 Å². The summed E-state index contributed by atoms with van der Waals surface area (Å²) in [7, 11) is 0. The second-order valence-corrected chi connectivity index (χ2v) is 10.5. The van der Waals surface area contributed by atoms with Crippen molar-refractivity contribution in [3.8, 4) is 11.5 Å². The molecule has 0 spiro atoms. The van der Waals surface area contributed by atoms with Crippen molar-refractivity contribution in [2.75, 3.05) is 29.9 Å². The number of nitrogens with one attached hydrogen (secondary N) is 2. The summed E-state index contributed by atoms with van der Waals surface area (Å²) in [5.41, 5.74) is 3.99. The van der Waals surface area contributed by atoms with E-state index in [2.05, 4.69) is 60.4 Å². The van der Waals surface area contributed by atoms with E-state index < -0.39 is 0 Å². The first-order valence-corrected chi connectivity index (χ1v) is 13.3. The molecule has 6 rings (SSSR count). The van der Waals surface area contributed by atoms with Crippen molar-refractivity contribution in [2.24, 2.45) is 0 Å². The van der Waals surface area contributed by atoms with Crippen LogP contribution in [0.25, 0.3) is 0 Å². The van der Waals surface area contributed by atoms with Gasteiger partial charge in [-0.25, -0.2) is 4.98 Å². The quantitative estimate of drug-likeness (QED) is 0.255. The molecule has 2 aliphatic heterocycles. The maximum atomic E-state index is 11.8. The summed E-state index contributed by atoms with van der Waals surface area (Å²) < 4.78 is 13.4. The third-order valence-electron chi connectivity index (χ3n) is 6.21. The number of ether oxygens (including phenoxy) is 2. The Morgan fingerprint density at radius 2 is 2.08 bits per heavy atom. The molecule has 2 N–H and O–H groups in total. The Labute approximate surface area is 221 Å². The van der Waals surface area contributed by atoms with Crippen molar-refractivity contribution in [2.45, 2.75) is 22.4 Å². The molecule has 0 saturated carbocycles. The van der Waals surface area contributed by atoms with Gasteiger partial charge < -0.3 is 24.7 Å². The predicted molar refractivity (Wildman–Crippen MR) is 144 cm³/mol. The Hall–Kier alpha value is -3.27. The molecular weight excluding hydrogens is 540 g/mol. The van der Waals surface area contributed by atoms with Crippen molar-refractivity contribution in [3.63, 3.8) is 0 Å². The van der Waals surface area contributed by atoms with Crippen LogP contribution in [-0.2, 0) is 11.3 Å². The number of hydrogen-bond donors (Lipinski definition) is 2. The molecule has 0 radical (unpaired) electrons. The first-order valence-electron chi connectivity index (χ1n) is 11.6. The molecular formula is C27H23BrN4O3S.